The van der Waals surface area contributed by atoms with Crippen LogP contribution in [0.25, 0.3) is 11.8 Å². The first-order valence-corrected chi connectivity index (χ1v) is 5.92. The van der Waals surface area contributed by atoms with Crippen LogP contribution >= 0.6 is 0 Å². The van der Waals surface area contributed by atoms with Crippen molar-refractivity contribution >= 4 is 11.8 Å². The Balaban J connectivity index is 2.25. The molecular formula is C16H16O3. The van der Waals surface area contributed by atoms with E-state index in [-0.39, 0.29) is 5.76 Å². The molecule has 0 bridgehead atoms. The Morgan fingerprint density at radius 1 is 0.947 bits per heavy atom. The van der Waals surface area contributed by atoms with Crippen LogP contribution in [0, 0.1) is 0 Å². The van der Waals surface area contributed by atoms with Gasteiger partial charge in [0.1, 0.15) is 17.3 Å². The van der Waals surface area contributed by atoms with Gasteiger partial charge in [0.2, 0.25) is 0 Å². The zero-order valence-corrected chi connectivity index (χ0v) is 11.0. The fourth-order valence-electron chi connectivity index (χ4n) is 1.73. The minimum atomic E-state index is 0.205. The highest BCUT2D eigenvalue weighted by molar-refractivity contribution is 5.76. The lowest BCUT2D eigenvalue weighted by atomic mass is 10.1. The van der Waals surface area contributed by atoms with Crippen molar-refractivity contribution in [1.29, 1.82) is 0 Å². The monoisotopic (exact) mass is 256 g/mol. The van der Waals surface area contributed by atoms with E-state index in [0.29, 0.717) is 0 Å². The Kier molecular flexibility index (Phi) is 4.08. The molecule has 0 heterocycles. The number of hydrogen-bond acceptors (Lipinski definition) is 3. The molecule has 2 aromatic carbocycles. The van der Waals surface area contributed by atoms with Crippen molar-refractivity contribution in [2.75, 3.05) is 14.2 Å². The molecule has 0 aliphatic rings. The number of benzene rings is 2. The maximum Gasteiger partial charge on any atom is 0.123 e. The Hall–Kier alpha value is -2.42. The van der Waals surface area contributed by atoms with Crippen LogP contribution < -0.4 is 9.47 Å². The molecule has 3 nitrogen and oxygen atoms in total. The van der Waals surface area contributed by atoms with Gasteiger partial charge < -0.3 is 14.6 Å². The highest BCUT2D eigenvalue weighted by Crippen LogP contribution is 2.21. The molecule has 2 aromatic rings. The molecule has 0 fully saturated rings. The molecule has 19 heavy (non-hydrogen) atoms. The van der Waals surface area contributed by atoms with E-state index in [0.717, 1.165) is 22.6 Å². The van der Waals surface area contributed by atoms with Crippen LogP contribution in [0.1, 0.15) is 11.1 Å². The lowest BCUT2D eigenvalue weighted by Crippen LogP contribution is -1.86. The van der Waals surface area contributed by atoms with Crippen LogP contribution in [0.5, 0.6) is 11.5 Å². The van der Waals surface area contributed by atoms with E-state index in [1.807, 2.05) is 48.5 Å². The molecule has 0 saturated carbocycles. The number of aliphatic hydroxyl groups is 1. The van der Waals surface area contributed by atoms with Crippen LogP contribution in [-0.2, 0) is 0 Å². The first kappa shape index (κ1) is 13.0. The van der Waals surface area contributed by atoms with E-state index in [9.17, 15) is 5.11 Å². The second-order valence-corrected chi connectivity index (χ2v) is 4.03. The molecule has 0 aliphatic heterocycles. The second kappa shape index (κ2) is 5.96. The van der Waals surface area contributed by atoms with Crippen LogP contribution in [0.3, 0.4) is 0 Å². The summed E-state index contributed by atoms with van der Waals surface area (Å²) in [7, 11) is 3.23. The van der Waals surface area contributed by atoms with Gasteiger partial charge in [0.25, 0.3) is 0 Å². The van der Waals surface area contributed by atoms with Gasteiger partial charge in [-0.25, -0.2) is 0 Å². The summed E-state index contributed by atoms with van der Waals surface area (Å²) in [5.74, 6) is 1.73. The molecule has 3 heteroatoms. The largest absolute Gasteiger partial charge is 0.507 e. The zero-order chi connectivity index (χ0) is 13.7. The highest BCUT2D eigenvalue weighted by atomic mass is 16.5. The van der Waals surface area contributed by atoms with Crippen molar-refractivity contribution in [1.82, 2.24) is 0 Å². The summed E-state index contributed by atoms with van der Waals surface area (Å²) in [5.41, 5.74) is 1.62. The summed E-state index contributed by atoms with van der Waals surface area (Å²) in [6.45, 7) is 0. The quantitative estimate of drug-likeness (QED) is 0.668. The van der Waals surface area contributed by atoms with Gasteiger partial charge in [-0.05, 0) is 48.0 Å². The van der Waals surface area contributed by atoms with E-state index >= 15 is 0 Å². The van der Waals surface area contributed by atoms with E-state index in [4.69, 9.17) is 9.47 Å². The van der Waals surface area contributed by atoms with Crippen molar-refractivity contribution < 1.29 is 14.6 Å². The summed E-state index contributed by atoms with van der Waals surface area (Å²) >= 11 is 0. The summed E-state index contributed by atoms with van der Waals surface area (Å²) in [6.07, 6.45) is 1.70. The second-order valence-electron chi connectivity index (χ2n) is 4.03. The molecule has 0 amide bonds. The summed E-state index contributed by atoms with van der Waals surface area (Å²) in [4.78, 5) is 0. The number of hydrogen-bond donors (Lipinski definition) is 1. The lowest BCUT2D eigenvalue weighted by molar-refractivity contribution is 0.414. The van der Waals surface area contributed by atoms with Crippen LogP contribution in [0.2, 0.25) is 0 Å². The van der Waals surface area contributed by atoms with Gasteiger partial charge in [0.05, 0.1) is 14.2 Å². The van der Waals surface area contributed by atoms with E-state index in [1.54, 1.807) is 20.3 Å². The average molecular weight is 256 g/mol. The lowest BCUT2D eigenvalue weighted by Gasteiger charge is -2.04. The molecule has 1 N–H and O–H groups in total. The topological polar surface area (TPSA) is 38.7 Å². The molecule has 0 aromatic heterocycles. The first-order chi connectivity index (χ1) is 9.22. The average Bonchev–Trinajstić information content (AvgIpc) is 2.47. The molecular weight excluding hydrogens is 240 g/mol. The van der Waals surface area contributed by atoms with Crippen molar-refractivity contribution in [3.05, 3.63) is 59.7 Å². The molecule has 2 rings (SSSR count). The standard InChI is InChI=1S/C16H16O3/c1-18-14-8-6-13(7-9-14)16(17)11-12-4-3-5-15(10-12)19-2/h3-11,17H,1-2H3. The van der Waals surface area contributed by atoms with Gasteiger partial charge in [0, 0.05) is 5.56 Å². The summed E-state index contributed by atoms with van der Waals surface area (Å²) in [5, 5.41) is 10.1. The molecule has 0 radical (unpaired) electrons. The number of methoxy groups -OCH3 is 2. The number of aliphatic hydroxyl groups excluding tert-OH is 1. The molecule has 0 saturated heterocycles. The Bertz CT molecular complexity index is 571. The van der Waals surface area contributed by atoms with Crippen molar-refractivity contribution in [3.63, 3.8) is 0 Å². The minimum Gasteiger partial charge on any atom is -0.507 e. The third kappa shape index (κ3) is 3.28. The van der Waals surface area contributed by atoms with E-state index in [1.165, 1.54) is 0 Å². The molecule has 98 valence electrons. The zero-order valence-electron chi connectivity index (χ0n) is 11.0. The van der Waals surface area contributed by atoms with E-state index < -0.39 is 0 Å². The van der Waals surface area contributed by atoms with Gasteiger partial charge in [-0.2, -0.15) is 0 Å². The fourth-order valence-corrected chi connectivity index (χ4v) is 1.73. The first-order valence-electron chi connectivity index (χ1n) is 5.92. The number of ether oxygens (including phenoxy) is 2. The predicted octanol–water partition coefficient (Wildman–Crippen LogP) is 3.76. The fraction of sp³-hybridized carbons (Fsp3) is 0.125. The third-order valence-electron chi connectivity index (χ3n) is 2.78. The Morgan fingerprint density at radius 2 is 1.63 bits per heavy atom. The minimum absolute atomic E-state index is 0.205. The molecule has 0 atom stereocenters. The van der Waals surface area contributed by atoms with Crippen LogP contribution in [0.15, 0.2) is 48.5 Å². The van der Waals surface area contributed by atoms with Gasteiger partial charge in [0.15, 0.2) is 0 Å². The predicted molar refractivity (Wildman–Crippen MR) is 76.5 cm³/mol. The maximum absolute atomic E-state index is 10.1. The highest BCUT2D eigenvalue weighted by Gasteiger charge is 2.01. The van der Waals surface area contributed by atoms with Gasteiger partial charge in [-0.15, -0.1) is 0 Å². The molecule has 0 spiro atoms. The molecule has 0 aliphatic carbocycles. The maximum atomic E-state index is 10.1. The van der Waals surface area contributed by atoms with Crippen molar-refractivity contribution in [2.45, 2.75) is 0 Å². The van der Waals surface area contributed by atoms with Gasteiger partial charge in [-0.1, -0.05) is 12.1 Å². The van der Waals surface area contributed by atoms with E-state index in [2.05, 4.69) is 0 Å². The van der Waals surface area contributed by atoms with Gasteiger partial charge >= 0.3 is 0 Å². The number of rotatable bonds is 4. The van der Waals surface area contributed by atoms with Crippen LogP contribution in [0.4, 0.5) is 0 Å². The SMILES string of the molecule is COc1ccc(C(O)=Cc2cccc(OC)c2)cc1. The molecule has 0 unspecified atom stereocenters. The Morgan fingerprint density at radius 3 is 2.26 bits per heavy atom. The van der Waals surface area contributed by atoms with Crippen molar-refractivity contribution in [2.24, 2.45) is 0 Å². The smallest absolute Gasteiger partial charge is 0.123 e. The van der Waals surface area contributed by atoms with Gasteiger partial charge in [-0.3, -0.25) is 0 Å². The van der Waals surface area contributed by atoms with Crippen LogP contribution in [-0.4, -0.2) is 19.3 Å². The van der Waals surface area contributed by atoms with Crippen molar-refractivity contribution in [3.8, 4) is 11.5 Å². The third-order valence-corrected chi connectivity index (χ3v) is 2.78. The normalized spacial score (nSPS) is 11.2. The Labute approximate surface area is 112 Å². The summed E-state index contributed by atoms with van der Waals surface area (Å²) in [6, 6.07) is 14.8. The summed E-state index contributed by atoms with van der Waals surface area (Å²) < 4.78 is 10.2.